The molecule has 0 saturated carbocycles. The number of carbonyl (C=O) groups is 1. The van der Waals surface area contributed by atoms with E-state index in [1.165, 1.54) is 11.4 Å². The lowest BCUT2D eigenvalue weighted by atomic mass is 10.1. The summed E-state index contributed by atoms with van der Waals surface area (Å²) < 4.78 is 0.0149. The van der Waals surface area contributed by atoms with Gasteiger partial charge in [-0.15, -0.1) is 25.3 Å². The number of amides is 1. The smallest absolute Gasteiger partial charge is 0.253 e. The molecule has 0 unspecified atom stereocenters. The van der Waals surface area contributed by atoms with Crippen molar-refractivity contribution in [2.24, 2.45) is 0 Å². The minimum atomic E-state index is 0.0149. The van der Waals surface area contributed by atoms with Crippen LogP contribution < -0.4 is 14.7 Å². The Bertz CT molecular complexity index is 881. The van der Waals surface area contributed by atoms with Crippen molar-refractivity contribution in [1.82, 2.24) is 9.80 Å². The molecule has 2 aromatic rings. The van der Waals surface area contributed by atoms with E-state index >= 15 is 0 Å². The first-order chi connectivity index (χ1) is 15.8. The summed E-state index contributed by atoms with van der Waals surface area (Å²) in [6.07, 6.45) is 0.910. The first-order valence-electron chi connectivity index (χ1n) is 11.5. The number of anilines is 3. The van der Waals surface area contributed by atoms with Gasteiger partial charge in [-0.3, -0.25) is 9.69 Å². The molecule has 33 heavy (non-hydrogen) atoms. The van der Waals surface area contributed by atoms with Gasteiger partial charge in [0.1, 0.15) is 0 Å². The molecule has 1 amide bonds. The highest BCUT2D eigenvalue weighted by Gasteiger charge is 2.20. The van der Waals surface area contributed by atoms with Crippen LogP contribution in [0.2, 0.25) is 0 Å². The monoisotopic (exact) mass is 487 g/mol. The highest BCUT2D eigenvalue weighted by atomic mass is 32.2. The summed E-state index contributed by atoms with van der Waals surface area (Å²) in [5, 5.41) is 0. The van der Waals surface area contributed by atoms with Gasteiger partial charge in [-0.2, -0.15) is 0 Å². The predicted octanol–water partition coefficient (Wildman–Crippen LogP) is 3.62. The van der Waals surface area contributed by atoms with Crippen LogP contribution in [0.25, 0.3) is 0 Å². The van der Waals surface area contributed by atoms with E-state index in [0.717, 1.165) is 56.9 Å². The summed E-state index contributed by atoms with van der Waals surface area (Å²) >= 11 is 8.83. The third kappa shape index (κ3) is 6.98. The summed E-state index contributed by atoms with van der Waals surface area (Å²) in [5.41, 5.74) is 4.27. The Morgan fingerprint density at radius 3 is 1.97 bits per heavy atom. The zero-order valence-corrected chi connectivity index (χ0v) is 22.0. The molecule has 0 aromatic heterocycles. The van der Waals surface area contributed by atoms with Crippen molar-refractivity contribution < 1.29 is 4.79 Å². The van der Waals surface area contributed by atoms with E-state index in [0.29, 0.717) is 0 Å². The Morgan fingerprint density at radius 1 is 0.848 bits per heavy atom. The van der Waals surface area contributed by atoms with Gasteiger partial charge in [0.15, 0.2) is 0 Å². The maximum absolute atomic E-state index is 12.7. The Balaban J connectivity index is 1.44. The van der Waals surface area contributed by atoms with Crippen LogP contribution in [0.5, 0.6) is 0 Å². The Labute approximate surface area is 209 Å². The predicted molar refractivity (Wildman–Crippen MR) is 148 cm³/mol. The molecule has 8 heteroatoms. The molecular weight excluding hydrogens is 450 g/mol. The average molecular weight is 488 g/mol. The van der Waals surface area contributed by atoms with Gasteiger partial charge in [-0.1, -0.05) is 0 Å². The van der Waals surface area contributed by atoms with Crippen LogP contribution in [0, 0.1) is 0 Å². The second-order valence-corrected chi connectivity index (χ2v) is 10.2. The van der Waals surface area contributed by atoms with Crippen LogP contribution >= 0.6 is 25.3 Å². The largest absolute Gasteiger partial charge is 0.378 e. The molecule has 1 aliphatic rings. The second kappa shape index (κ2) is 11.9. The Morgan fingerprint density at radius 2 is 1.42 bits per heavy atom. The van der Waals surface area contributed by atoms with Crippen LogP contribution in [0.1, 0.15) is 16.8 Å². The maximum atomic E-state index is 12.7. The number of hydrogen-bond donors (Lipinski definition) is 2. The Kier molecular flexibility index (Phi) is 9.23. The Hall–Kier alpha value is -2.03. The van der Waals surface area contributed by atoms with Crippen LogP contribution in [-0.2, 0) is 0 Å². The number of piperazine rings is 1. The molecule has 1 aliphatic heterocycles. The minimum absolute atomic E-state index is 0.0149. The normalized spacial score (nSPS) is 14.5. The highest BCUT2D eigenvalue weighted by molar-refractivity contribution is 7.99. The summed E-state index contributed by atoms with van der Waals surface area (Å²) in [7, 11) is 7.97. The third-order valence-electron chi connectivity index (χ3n) is 6.26. The molecule has 6 nitrogen and oxygen atoms in total. The van der Waals surface area contributed by atoms with Crippen molar-refractivity contribution in [3.8, 4) is 0 Å². The summed E-state index contributed by atoms with van der Waals surface area (Å²) in [5.74, 6) is 0.0644. The summed E-state index contributed by atoms with van der Waals surface area (Å²) in [6.45, 7) is 5.55. The topological polar surface area (TPSA) is 33.3 Å². The minimum Gasteiger partial charge on any atom is -0.378 e. The van der Waals surface area contributed by atoms with E-state index in [4.69, 9.17) is 0 Å². The van der Waals surface area contributed by atoms with E-state index < -0.39 is 0 Å². The molecule has 3 rings (SSSR count). The summed E-state index contributed by atoms with van der Waals surface area (Å²) in [4.78, 5) is 23.5. The van der Waals surface area contributed by atoms with E-state index in [1.807, 2.05) is 55.2 Å². The van der Waals surface area contributed by atoms with Crippen LogP contribution in [0.15, 0.2) is 48.5 Å². The van der Waals surface area contributed by atoms with Gasteiger partial charge < -0.3 is 19.6 Å². The van der Waals surface area contributed by atoms with E-state index in [1.54, 1.807) is 0 Å². The van der Waals surface area contributed by atoms with Crippen LogP contribution in [0.4, 0.5) is 17.1 Å². The highest BCUT2D eigenvalue weighted by Crippen LogP contribution is 2.23. The molecule has 1 saturated heterocycles. The number of nitrogens with zero attached hydrogens (tertiary/aromatic N) is 5. The van der Waals surface area contributed by atoms with E-state index in [9.17, 15) is 4.79 Å². The lowest BCUT2D eigenvalue weighted by Gasteiger charge is -2.37. The van der Waals surface area contributed by atoms with Crippen molar-refractivity contribution >= 4 is 48.2 Å². The number of carbonyl (C=O) groups excluding carboxylic acids is 1. The van der Waals surface area contributed by atoms with E-state index in [-0.39, 0.29) is 10.6 Å². The second-order valence-electron chi connectivity index (χ2n) is 8.83. The van der Waals surface area contributed by atoms with Gasteiger partial charge in [0.05, 0.1) is 4.71 Å². The number of hydrogen-bond acceptors (Lipinski definition) is 7. The van der Waals surface area contributed by atoms with Gasteiger partial charge >= 0.3 is 0 Å². The molecule has 1 fully saturated rings. The molecule has 0 bridgehead atoms. The quantitative estimate of drug-likeness (QED) is 0.417. The molecule has 0 aliphatic carbocycles. The van der Waals surface area contributed by atoms with Crippen molar-refractivity contribution in [3.63, 3.8) is 0 Å². The first kappa shape index (κ1) is 25.6. The number of rotatable bonds is 9. The molecule has 0 atom stereocenters. The SMILES string of the molecule is CN(CCCN(C)c1ccc(N2CCN(C(S)S)CC2)cc1)C(=O)c1ccc(N(C)C)cc1. The molecular formula is C25H37N5OS2. The molecule has 1 heterocycles. The molecule has 0 spiro atoms. The standard InChI is InChI=1S/C25H37N5OS2/c1-26(2)21-8-6-20(7-9-21)24(31)28(4)15-5-14-27(3)22-10-12-23(13-11-22)29-16-18-30(19-17-29)25(32)33/h6-13,25,32-33H,5,14-19H2,1-4H3. The summed E-state index contributed by atoms with van der Waals surface area (Å²) in [6, 6.07) is 16.5. The van der Waals surface area contributed by atoms with Gasteiger partial charge in [0, 0.05) is 90.1 Å². The zero-order chi connectivity index (χ0) is 24.0. The van der Waals surface area contributed by atoms with Gasteiger partial charge in [0.2, 0.25) is 0 Å². The van der Waals surface area contributed by atoms with Crippen molar-refractivity contribution in [2.45, 2.75) is 11.1 Å². The fraction of sp³-hybridized carbons (Fsp3) is 0.480. The zero-order valence-electron chi connectivity index (χ0n) is 20.2. The average Bonchev–Trinajstić information content (AvgIpc) is 2.83. The molecule has 180 valence electrons. The van der Waals surface area contributed by atoms with Crippen LogP contribution in [0.3, 0.4) is 0 Å². The number of benzene rings is 2. The molecule has 0 radical (unpaired) electrons. The van der Waals surface area contributed by atoms with Crippen molar-refractivity contribution in [3.05, 3.63) is 54.1 Å². The molecule has 0 N–H and O–H groups in total. The lowest BCUT2D eigenvalue weighted by molar-refractivity contribution is 0.0794. The third-order valence-corrected chi connectivity index (χ3v) is 6.91. The van der Waals surface area contributed by atoms with Crippen LogP contribution in [-0.4, -0.2) is 87.9 Å². The first-order valence-corrected chi connectivity index (χ1v) is 12.5. The lowest BCUT2D eigenvalue weighted by Crippen LogP contribution is -2.47. The fourth-order valence-corrected chi connectivity index (χ4v) is 4.49. The van der Waals surface area contributed by atoms with Crippen molar-refractivity contribution in [1.29, 1.82) is 0 Å². The van der Waals surface area contributed by atoms with E-state index in [2.05, 4.69) is 71.3 Å². The fourth-order valence-electron chi connectivity index (χ4n) is 4.03. The van der Waals surface area contributed by atoms with Gasteiger partial charge in [-0.25, -0.2) is 0 Å². The number of thiol groups is 2. The molecule has 2 aromatic carbocycles. The van der Waals surface area contributed by atoms with Crippen molar-refractivity contribution in [2.75, 3.05) is 82.2 Å². The van der Waals surface area contributed by atoms with Gasteiger partial charge in [-0.05, 0) is 55.0 Å². The maximum Gasteiger partial charge on any atom is 0.253 e. The van der Waals surface area contributed by atoms with Gasteiger partial charge in [0.25, 0.3) is 5.91 Å².